The maximum absolute atomic E-state index is 4.84. The highest BCUT2D eigenvalue weighted by Gasteiger charge is 2.37. The molecule has 1 aliphatic rings. The Balaban J connectivity index is 1.25. The van der Waals surface area contributed by atoms with Crippen molar-refractivity contribution in [2.75, 3.05) is 0 Å². The van der Waals surface area contributed by atoms with Crippen LogP contribution in [0.15, 0.2) is 79.1 Å². The molecule has 7 rings (SSSR count). The molecule has 0 saturated heterocycles. The molecule has 0 spiro atoms. The van der Waals surface area contributed by atoms with Crippen LogP contribution < -0.4 is 4.57 Å². The van der Waals surface area contributed by atoms with E-state index in [1.54, 1.807) is 0 Å². The van der Waals surface area contributed by atoms with Gasteiger partial charge >= 0.3 is 0 Å². The highest BCUT2D eigenvalue weighted by atomic mass is 32.1. The maximum Gasteiger partial charge on any atom is 0.223 e. The quantitative estimate of drug-likeness (QED) is 0.230. The lowest BCUT2D eigenvalue weighted by Gasteiger charge is -2.06. The third-order valence-electron chi connectivity index (χ3n) is 6.95. The third kappa shape index (κ3) is 2.99. The van der Waals surface area contributed by atoms with Gasteiger partial charge in [0.05, 0.1) is 16.1 Å². The molecule has 34 heavy (non-hydrogen) atoms. The van der Waals surface area contributed by atoms with Gasteiger partial charge in [0.15, 0.2) is 12.2 Å². The molecule has 0 unspecified atom stereocenters. The van der Waals surface area contributed by atoms with Crippen LogP contribution in [-0.4, -0.2) is 4.98 Å². The smallest absolute Gasteiger partial charge is 0.223 e. The van der Waals surface area contributed by atoms with Crippen LogP contribution in [0.3, 0.4) is 0 Å². The van der Waals surface area contributed by atoms with E-state index in [2.05, 4.69) is 98.3 Å². The number of benzene rings is 2. The largest absolute Gasteiger partial charge is 0.255 e. The van der Waals surface area contributed by atoms with Crippen molar-refractivity contribution >= 4 is 42.8 Å². The van der Waals surface area contributed by atoms with Crippen molar-refractivity contribution < 1.29 is 4.57 Å². The summed E-state index contributed by atoms with van der Waals surface area (Å²) in [5.41, 5.74) is 8.79. The average Bonchev–Trinajstić information content (AvgIpc) is 3.51. The van der Waals surface area contributed by atoms with Crippen molar-refractivity contribution in [2.24, 2.45) is 0 Å². The molecule has 2 aromatic carbocycles. The fraction of sp³-hybridized carbons (Fsp3) is 0.133. The number of nitrogens with zero attached hydrogens (tertiary/aromatic N) is 2. The molecule has 0 bridgehead atoms. The number of fused-ring (bicyclic) bond motifs is 6. The van der Waals surface area contributed by atoms with Crippen molar-refractivity contribution in [1.29, 1.82) is 0 Å². The zero-order valence-corrected chi connectivity index (χ0v) is 20.9. The first kappa shape index (κ1) is 20.1. The number of aryl methyl sites for hydroxylation is 2. The highest BCUT2D eigenvalue weighted by Crippen LogP contribution is 2.45. The molecule has 6 aromatic rings. The molecule has 5 heterocycles. The molecular weight excluding hydrogens is 452 g/mol. The average molecular weight is 476 g/mol. The van der Waals surface area contributed by atoms with Crippen LogP contribution in [0.25, 0.3) is 52.4 Å². The predicted molar refractivity (Wildman–Crippen MR) is 145 cm³/mol. The van der Waals surface area contributed by atoms with Gasteiger partial charge in [0.25, 0.3) is 0 Å². The van der Waals surface area contributed by atoms with Crippen LogP contribution in [-0.2, 0) is 0 Å². The second-order valence-electron chi connectivity index (χ2n) is 9.31. The number of aromatic nitrogens is 2. The summed E-state index contributed by atoms with van der Waals surface area (Å²) in [6.45, 7) is 6.63. The summed E-state index contributed by atoms with van der Waals surface area (Å²) in [5.74, 6) is 0. The van der Waals surface area contributed by atoms with Crippen LogP contribution in [0.2, 0.25) is 0 Å². The van der Waals surface area contributed by atoms with Crippen molar-refractivity contribution in [3.8, 4) is 32.3 Å². The van der Waals surface area contributed by atoms with Crippen LogP contribution in [0, 0.1) is 13.8 Å². The Hall–Kier alpha value is -3.34. The molecule has 0 radical (unpaired) electrons. The van der Waals surface area contributed by atoms with Crippen molar-refractivity contribution in [2.45, 2.75) is 26.8 Å². The molecule has 1 aliphatic heterocycles. The Morgan fingerprint density at radius 1 is 0.794 bits per heavy atom. The molecule has 0 fully saturated rings. The first-order chi connectivity index (χ1) is 16.5. The minimum absolute atomic E-state index is 0.329. The molecule has 0 amide bonds. The fourth-order valence-corrected chi connectivity index (χ4v) is 7.70. The van der Waals surface area contributed by atoms with E-state index in [9.17, 15) is 0 Å². The van der Waals surface area contributed by atoms with Gasteiger partial charge in [-0.2, -0.15) is 4.57 Å². The van der Waals surface area contributed by atoms with E-state index in [-0.39, 0.29) is 0 Å². The Morgan fingerprint density at radius 3 is 2.41 bits per heavy atom. The van der Waals surface area contributed by atoms with E-state index < -0.39 is 0 Å². The van der Waals surface area contributed by atoms with Crippen molar-refractivity contribution in [3.05, 3.63) is 95.8 Å². The lowest BCUT2D eigenvalue weighted by molar-refractivity contribution is -0.693. The number of hydrogen-bond donors (Lipinski definition) is 0. The van der Waals surface area contributed by atoms with Crippen LogP contribution >= 0.6 is 22.7 Å². The SMILES string of the molecule is Cc1ccc2cc(-c3ccc(-c4ccc5[n+](c4)[C@@H](C)c4c-5sc5cc(C)ccc45)cn3)sc2c1. The van der Waals surface area contributed by atoms with Gasteiger partial charge in [-0.25, -0.2) is 0 Å². The zero-order valence-electron chi connectivity index (χ0n) is 19.3. The summed E-state index contributed by atoms with van der Waals surface area (Å²) in [5, 5.41) is 2.68. The Kier molecular flexibility index (Phi) is 4.33. The van der Waals surface area contributed by atoms with E-state index in [1.807, 2.05) is 28.9 Å². The molecule has 0 N–H and O–H groups in total. The number of pyridine rings is 2. The highest BCUT2D eigenvalue weighted by molar-refractivity contribution is 7.22. The Bertz CT molecular complexity index is 1740. The summed E-state index contributed by atoms with van der Waals surface area (Å²) in [6.07, 6.45) is 4.31. The van der Waals surface area contributed by atoms with E-state index in [0.717, 1.165) is 11.3 Å². The second-order valence-corrected chi connectivity index (χ2v) is 11.5. The van der Waals surface area contributed by atoms with Crippen LogP contribution in [0.1, 0.15) is 29.7 Å². The lowest BCUT2D eigenvalue weighted by atomic mass is 10.1. The minimum atomic E-state index is 0.329. The van der Waals surface area contributed by atoms with Gasteiger partial charge in [0.2, 0.25) is 5.69 Å². The van der Waals surface area contributed by atoms with Gasteiger partial charge in [0.1, 0.15) is 4.88 Å². The number of rotatable bonds is 2. The topological polar surface area (TPSA) is 16.8 Å². The Morgan fingerprint density at radius 2 is 1.59 bits per heavy atom. The van der Waals surface area contributed by atoms with Gasteiger partial charge in [-0.1, -0.05) is 30.3 Å². The zero-order chi connectivity index (χ0) is 23.0. The molecule has 0 saturated carbocycles. The van der Waals surface area contributed by atoms with E-state index in [0.29, 0.717) is 6.04 Å². The van der Waals surface area contributed by atoms with Crippen molar-refractivity contribution in [1.82, 2.24) is 4.98 Å². The summed E-state index contributed by atoms with van der Waals surface area (Å²) in [7, 11) is 0. The van der Waals surface area contributed by atoms with Gasteiger partial charge in [0, 0.05) is 45.1 Å². The molecule has 2 nitrogen and oxygen atoms in total. The summed E-state index contributed by atoms with van der Waals surface area (Å²) < 4.78 is 5.14. The van der Waals surface area contributed by atoms with Crippen LogP contribution in [0.5, 0.6) is 0 Å². The molecular formula is C30H23N2S2+. The normalized spacial score (nSPS) is 14.6. The first-order valence-electron chi connectivity index (χ1n) is 11.6. The summed E-state index contributed by atoms with van der Waals surface area (Å²) in [4.78, 5) is 7.47. The van der Waals surface area contributed by atoms with Gasteiger partial charge < -0.3 is 0 Å². The predicted octanol–water partition coefficient (Wildman–Crippen LogP) is 8.34. The maximum atomic E-state index is 4.84. The second kappa shape index (κ2) is 7.33. The molecule has 1 atom stereocenters. The van der Waals surface area contributed by atoms with E-state index >= 15 is 0 Å². The lowest BCUT2D eigenvalue weighted by Crippen LogP contribution is -2.36. The fourth-order valence-electron chi connectivity index (χ4n) is 5.14. The molecule has 164 valence electrons. The minimum Gasteiger partial charge on any atom is -0.255 e. The van der Waals surface area contributed by atoms with Gasteiger partial charge in [-0.05, 0) is 60.7 Å². The summed E-state index contributed by atoms with van der Waals surface area (Å²) >= 11 is 3.73. The standard InChI is InChI=1S/C30H23N2S2/c1-17-4-6-20-14-28(33-26(20)12-17)24-10-7-21(15-31-24)22-8-11-25-30-29(19(3)32(25)16-22)23-9-5-18(2)13-27(23)34-30/h4-16,19H,1-3H3/q+1/t19-/m0/s1. The number of hydrogen-bond acceptors (Lipinski definition) is 3. The summed E-state index contributed by atoms with van der Waals surface area (Å²) in [6, 6.07) is 24.9. The molecule has 0 aliphatic carbocycles. The number of thiophene rings is 2. The Labute approximate surface area is 206 Å². The van der Waals surface area contributed by atoms with Crippen LogP contribution in [0.4, 0.5) is 0 Å². The van der Waals surface area contributed by atoms with Gasteiger partial charge in [-0.3, -0.25) is 4.98 Å². The van der Waals surface area contributed by atoms with E-state index in [4.69, 9.17) is 4.98 Å². The first-order valence-corrected chi connectivity index (χ1v) is 13.2. The van der Waals surface area contributed by atoms with E-state index in [1.165, 1.54) is 57.9 Å². The monoisotopic (exact) mass is 475 g/mol. The molecule has 4 aromatic heterocycles. The molecule has 4 heteroatoms. The van der Waals surface area contributed by atoms with Gasteiger partial charge in [-0.15, -0.1) is 22.7 Å². The van der Waals surface area contributed by atoms with Crippen molar-refractivity contribution in [3.63, 3.8) is 0 Å². The third-order valence-corrected chi connectivity index (χ3v) is 9.26.